The third-order valence-electron chi connectivity index (χ3n) is 6.17. The standard InChI is InChI=1S/C24H30ClN3O4SSi/c1-16-7-11-33(30,31)22-14-19(20(25)13-18(16)22)24(29)27-21-5-8-26-23-17(21)6-9-28(23)15-32-10-12-34(2,3)4/h5-6,8-9,13-14,16H,7,10-12,15H2,1-4H3,(H,26,27,29)/t16-/m0/s1. The lowest BCUT2D eigenvalue weighted by molar-refractivity contribution is 0.0899. The van der Waals surface area contributed by atoms with Crippen molar-refractivity contribution in [1.29, 1.82) is 0 Å². The zero-order valence-corrected chi connectivity index (χ0v) is 22.5. The van der Waals surface area contributed by atoms with Crippen LogP contribution >= 0.6 is 11.6 Å². The second-order valence-corrected chi connectivity index (χ2v) is 18.2. The number of carbonyl (C=O) groups excluding carboxylic acids is 1. The lowest BCUT2D eigenvalue weighted by atomic mass is 9.96. The second-order valence-electron chi connectivity index (χ2n) is 10.1. The molecule has 4 rings (SSSR count). The summed E-state index contributed by atoms with van der Waals surface area (Å²) in [5, 5.41) is 3.88. The van der Waals surface area contributed by atoms with Crippen LogP contribution in [0, 0.1) is 0 Å². The molecule has 1 N–H and O–H groups in total. The van der Waals surface area contributed by atoms with Crippen LogP contribution in [0.4, 0.5) is 5.69 Å². The zero-order chi connectivity index (χ0) is 24.7. The van der Waals surface area contributed by atoms with E-state index in [1.165, 1.54) is 6.07 Å². The van der Waals surface area contributed by atoms with Gasteiger partial charge in [0.2, 0.25) is 0 Å². The van der Waals surface area contributed by atoms with Crippen molar-refractivity contribution in [3.05, 3.63) is 52.8 Å². The Morgan fingerprint density at radius 3 is 2.79 bits per heavy atom. The molecule has 7 nitrogen and oxygen atoms in total. The maximum absolute atomic E-state index is 13.1. The summed E-state index contributed by atoms with van der Waals surface area (Å²) in [5.41, 5.74) is 2.07. The lowest BCUT2D eigenvalue weighted by Crippen LogP contribution is -2.22. The quantitative estimate of drug-likeness (QED) is 0.327. The Balaban J connectivity index is 1.57. The number of anilines is 1. The number of hydrogen-bond donors (Lipinski definition) is 1. The Morgan fingerprint density at radius 1 is 1.29 bits per heavy atom. The first-order valence-electron chi connectivity index (χ1n) is 11.4. The van der Waals surface area contributed by atoms with Gasteiger partial charge in [-0.1, -0.05) is 38.2 Å². The fourth-order valence-corrected chi connectivity index (χ4v) is 6.84. The molecule has 0 fully saturated rings. The lowest BCUT2D eigenvalue weighted by Gasteiger charge is -2.23. The van der Waals surface area contributed by atoms with Crippen molar-refractivity contribution in [2.24, 2.45) is 0 Å². The molecule has 34 heavy (non-hydrogen) atoms. The minimum atomic E-state index is -3.44. The van der Waals surface area contributed by atoms with E-state index in [-0.39, 0.29) is 27.2 Å². The van der Waals surface area contributed by atoms with Crippen molar-refractivity contribution in [3.8, 4) is 0 Å². The van der Waals surface area contributed by atoms with Gasteiger partial charge >= 0.3 is 0 Å². The summed E-state index contributed by atoms with van der Waals surface area (Å²) in [6, 6.07) is 7.69. The zero-order valence-electron chi connectivity index (χ0n) is 19.9. The SMILES string of the molecule is C[C@H]1CCS(=O)(=O)c2cc(C(=O)Nc3ccnc4c3ccn4COCC[Si](C)(C)C)c(Cl)cc21. The van der Waals surface area contributed by atoms with Gasteiger partial charge < -0.3 is 14.6 Å². The number of hydrogen-bond acceptors (Lipinski definition) is 5. The number of sulfone groups is 1. The minimum absolute atomic E-state index is 0.0701. The van der Waals surface area contributed by atoms with Crippen LogP contribution in [0.1, 0.15) is 35.2 Å². The second kappa shape index (κ2) is 9.45. The first-order valence-corrected chi connectivity index (χ1v) is 17.1. The fourth-order valence-electron chi connectivity index (χ4n) is 4.03. The number of nitrogens with zero attached hydrogens (tertiary/aromatic N) is 2. The first-order chi connectivity index (χ1) is 16.0. The molecule has 10 heteroatoms. The summed E-state index contributed by atoms with van der Waals surface area (Å²) in [7, 11) is -4.60. The summed E-state index contributed by atoms with van der Waals surface area (Å²) >= 11 is 6.42. The van der Waals surface area contributed by atoms with E-state index in [0.29, 0.717) is 36.7 Å². The summed E-state index contributed by atoms with van der Waals surface area (Å²) in [4.78, 5) is 17.8. The molecule has 2 aromatic heterocycles. The van der Waals surface area contributed by atoms with E-state index in [0.717, 1.165) is 11.4 Å². The molecule has 0 bridgehead atoms. The van der Waals surface area contributed by atoms with E-state index in [9.17, 15) is 13.2 Å². The van der Waals surface area contributed by atoms with Crippen molar-refractivity contribution in [2.75, 3.05) is 17.7 Å². The molecule has 1 amide bonds. The van der Waals surface area contributed by atoms with Crippen molar-refractivity contribution in [1.82, 2.24) is 9.55 Å². The average Bonchev–Trinajstić information content (AvgIpc) is 3.17. The maximum Gasteiger partial charge on any atom is 0.257 e. The molecule has 0 saturated carbocycles. The Kier molecular flexibility index (Phi) is 6.92. The minimum Gasteiger partial charge on any atom is -0.361 e. The van der Waals surface area contributed by atoms with Crippen LogP contribution in [0.5, 0.6) is 0 Å². The number of nitrogens with one attached hydrogen (secondary N) is 1. The molecule has 1 aliphatic heterocycles. The Bertz CT molecular complexity index is 1350. The molecule has 1 aromatic carbocycles. The Labute approximate surface area is 206 Å². The molecule has 3 heterocycles. The molecule has 3 aromatic rings. The van der Waals surface area contributed by atoms with E-state index in [1.54, 1.807) is 18.3 Å². The van der Waals surface area contributed by atoms with Gasteiger partial charge in [0.05, 0.1) is 26.9 Å². The molecule has 0 unspecified atom stereocenters. The predicted octanol–water partition coefficient (Wildman–Crippen LogP) is 5.54. The summed E-state index contributed by atoms with van der Waals surface area (Å²) in [6.07, 6.45) is 4.05. The monoisotopic (exact) mass is 519 g/mol. The number of benzene rings is 1. The summed E-state index contributed by atoms with van der Waals surface area (Å²) in [5.74, 6) is -0.323. The third kappa shape index (κ3) is 5.22. The van der Waals surface area contributed by atoms with Gasteiger partial charge in [0, 0.05) is 32.5 Å². The number of halogens is 1. The molecule has 0 radical (unpaired) electrons. The van der Waals surface area contributed by atoms with Gasteiger partial charge in [0.15, 0.2) is 9.84 Å². The van der Waals surface area contributed by atoms with Crippen molar-refractivity contribution in [2.45, 2.75) is 56.6 Å². The fraction of sp³-hybridized carbons (Fsp3) is 0.417. The highest BCUT2D eigenvalue weighted by atomic mass is 35.5. The third-order valence-corrected chi connectivity index (χ3v) is 9.98. The van der Waals surface area contributed by atoms with Crippen molar-refractivity contribution in [3.63, 3.8) is 0 Å². The number of rotatable bonds is 7. The van der Waals surface area contributed by atoms with Crippen molar-refractivity contribution >= 4 is 52.1 Å². The number of fused-ring (bicyclic) bond motifs is 2. The van der Waals surface area contributed by atoms with E-state index >= 15 is 0 Å². The molecule has 0 aliphatic carbocycles. The number of carbonyl (C=O) groups is 1. The number of amides is 1. The van der Waals surface area contributed by atoms with Crippen LogP contribution in [-0.2, 0) is 21.3 Å². The molecule has 1 aliphatic rings. The van der Waals surface area contributed by atoms with E-state index < -0.39 is 23.8 Å². The van der Waals surface area contributed by atoms with Crippen LogP contribution in [0.3, 0.4) is 0 Å². The molecule has 0 saturated heterocycles. The highest BCUT2D eigenvalue weighted by molar-refractivity contribution is 7.91. The van der Waals surface area contributed by atoms with Crippen LogP contribution in [0.25, 0.3) is 11.0 Å². The highest BCUT2D eigenvalue weighted by Gasteiger charge is 2.30. The van der Waals surface area contributed by atoms with Crippen molar-refractivity contribution < 1.29 is 17.9 Å². The normalized spacial score (nSPS) is 17.5. The molecular formula is C24H30ClN3O4SSi. The highest BCUT2D eigenvalue weighted by Crippen LogP contribution is 2.37. The van der Waals surface area contributed by atoms with Gasteiger partial charge in [0.1, 0.15) is 12.4 Å². The smallest absolute Gasteiger partial charge is 0.257 e. The molecular weight excluding hydrogens is 490 g/mol. The first kappa shape index (κ1) is 24.9. The van der Waals surface area contributed by atoms with Gasteiger partial charge in [-0.2, -0.15) is 0 Å². The summed E-state index contributed by atoms with van der Waals surface area (Å²) in [6.45, 7) is 9.97. The molecule has 0 spiro atoms. The van der Waals surface area contributed by atoms with Gasteiger partial charge in [0.25, 0.3) is 5.91 Å². The molecule has 182 valence electrons. The number of pyridine rings is 1. The number of aromatic nitrogens is 2. The topological polar surface area (TPSA) is 90.3 Å². The molecule has 1 atom stereocenters. The van der Waals surface area contributed by atoms with Crippen LogP contribution in [0.15, 0.2) is 41.6 Å². The van der Waals surface area contributed by atoms with Crippen LogP contribution < -0.4 is 5.32 Å². The maximum atomic E-state index is 13.1. The van der Waals surface area contributed by atoms with Gasteiger partial charge in [-0.05, 0) is 48.2 Å². The van der Waals surface area contributed by atoms with E-state index in [1.807, 2.05) is 23.8 Å². The van der Waals surface area contributed by atoms with Gasteiger partial charge in [-0.25, -0.2) is 13.4 Å². The van der Waals surface area contributed by atoms with Gasteiger partial charge in [-0.15, -0.1) is 0 Å². The predicted molar refractivity (Wildman–Crippen MR) is 138 cm³/mol. The van der Waals surface area contributed by atoms with E-state index in [2.05, 4.69) is 29.9 Å². The Hall–Kier alpha value is -2.20. The van der Waals surface area contributed by atoms with Crippen LogP contribution in [-0.4, -0.2) is 44.3 Å². The Morgan fingerprint density at radius 2 is 2.06 bits per heavy atom. The number of ether oxygens (including phenoxy) is 1. The van der Waals surface area contributed by atoms with E-state index in [4.69, 9.17) is 16.3 Å². The summed E-state index contributed by atoms with van der Waals surface area (Å²) < 4.78 is 33.0. The van der Waals surface area contributed by atoms with Crippen LogP contribution in [0.2, 0.25) is 30.7 Å². The van der Waals surface area contributed by atoms with Gasteiger partial charge in [-0.3, -0.25) is 4.79 Å². The largest absolute Gasteiger partial charge is 0.361 e. The average molecular weight is 520 g/mol.